The van der Waals surface area contributed by atoms with Crippen LogP contribution in [0.4, 0.5) is 0 Å². The quantitative estimate of drug-likeness (QED) is 0.156. The Labute approximate surface area is 141 Å². The van der Waals surface area contributed by atoms with E-state index in [9.17, 15) is 4.79 Å². The van der Waals surface area contributed by atoms with Crippen molar-refractivity contribution in [2.45, 2.75) is 77.6 Å². The van der Waals surface area contributed by atoms with Crippen LogP contribution < -0.4 is 0 Å². The Bertz CT molecular complexity index is 504. The minimum Gasteiger partial charge on any atom is -0.410 e. The van der Waals surface area contributed by atoms with Gasteiger partial charge in [0.05, 0.1) is 11.5 Å². The first kappa shape index (κ1) is 19.9. The number of allylic oxidation sites excluding steroid dienone is 1. The van der Waals surface area contributed by atoms with Crippen LogP contribution in [0.1, 0.15) is 53.4 Å². The third-order valence-electron chi connectivity index (χ3n) is 5.49. The summed E-state index contributed by atoms with van der Waals surface area (Å²) in [5, 5.41) is 3.71. The molecule has 0 spiro atoms. The number of nitrogens with zero attached hydrogens (tertiary/aromatic N) is 3. The topological polar surface area (TPSA) is 75.1 Å². The van der Waals surface area contributed by atoms with Crippen LogP contribution in [-0.2, 0) is 9.22 Å². The molecular formula is C17H31N3O2Si. The molecule has 0 bridgehead atoms. The molecule has 6 heteroatoms. The largest absolute Gasteiger partial charge is 0.410 e. The van der Waals surface area contributed by atoms with E-state index in [0.29, 0.717) is 13.0 Å². The molecule has 0 unspecified atom stereocenters. The number of rotatable bonds is 7. The van der Waals surface area contributed by atoms with E-state index in [1.807, 2.05) is 0 Å². The number of hydrogen-bond donors (Lipinski definition) is 0. The molecule has 0 fully saturated rings. The Kier molecular flexibility index (Phi) is 6.63. The van der Waals surface area contributed by atoms with E-state index in [0.717, 1.165) is 19.3 Å². The molecule has 0 heterocycles. The summed E-state index contributed by atoms with van der Waals surface area (Å²) >= 11 is 0. The smallest absolute Gasteiger partial charge is 0.192 e. The number of carbonyl (C=O) groups excluding carboxylic acids is 1. The van der Waals surface area contributed by atoms with Crippen molar-refractivity contribution in [2.75, 3.05) is 6.54 Å². The summed E-state index contributed by atoms with van der Waals surface area (Å²) in [5.74, 6) is 0.187. The van der Waals surface area contributed by atoms with Gasteiger partial charge >= 0.3 is 0 Å². The molecule has 2 atom stereocenters. The summed E-state index contributed by atoms with van der Waals surface area (Å²) < 4.78 is 6.61. The summed E-state index contributed by atoms with van der Waals surface area (Å²) in [5.41, 5.74) is 7.96. The van der Waals surface area contributed by atoms with Crippen molar-refractivity contribution >= 4 is 14.1 Å². The summed E-state index contributed by atoms with van der Waals surface area (Å²) in [6.07, 6.45) is 7.19. The number of hydrogen-bond acceptors (Lipinski definition) is 3. The van der Waals surface area contributed by atoms with Crippen LogP contribution in [0.3, 0.4) is 0 Å². The maximum atomic E-state index is 12.5. The standard InChI is InChI=1S/C17H31N3O2Si/c1-14(21)17(12-9-13-19-20-18)11-8-7-10-15(17)22-23(5,6)16(2,3)4/h7,10,15H,8-9,11-13H2,1-6H3/t15-,17-/m1/s1. The Morgan fingerprint density at radius 3 is 2.65 bits per heavy atom. The third kappa shape index (κ3) is 4.69. The van der Waals surface area contributed by atoms with Crippen molar-refractivity contribution in [2.24, 2.45) is 10.5 Å². The minimum atomic E-state index is -1.97. The van der Waals surface area contributed by atoms with E-state index in [2.05, 4.69) is 56.0 Å². The first-order chi connectivity index (χ1) is 10.6. The van der Waals surface area contributed by atoms with E-state index >= 15 is 0 Å². The van der Waals surface area contributed by atoms with E-state index in [4.69, 9.17) is 9.96 Å². The number of ketones is 1. The molecule has 23 heavy (non-hydrogen) atoms. The van der Waals surface area contributed by atoms with Crippen molar-refractivity contribution in [3.63, 3.8) is 0 Å². The SMILES string of the molecule is CC(=O)[C@]1(CCCN=[N+]=[N-])CCC=C[C@H]1O[Si](C)(C)C(C)(C)C. The average molecular weight is 338 g/mol. The van der Waals surface area contributed by atoms with E-state index in [1.54, 1.807) is 6.92 Å². The van der Waals surface area contributed by atoms with Gasteiger partial charge < -0.3 is 4.43 Å². The van der Waals surface area contributed by atoms with Crippen LogP contribution in [0, 0.1) is 5.41 Å². The second kappa shape index (κ2) is 7.64. The highest BCUT2D eigenvalue weighted by molar-refractivity contribution is 6.74. The molecule has 0 aromatic rings. The van der Waals surface area contributed by atoms with Gasteiger partial charge in [-0.15, -0.1) is 0 Å². The lowest BCUT2D eigenvalue weighted by Gasteiger charge is -2.46. The lowest BCUT2D eigenvalue weighted by molar-refractivity contribution is -0.132. The average Bonchev–Trinajstić information content (AvgIpc) is 2.43. The zero-order chi connectivity index (χ0) is 17.7. The molecule has 0 saturated heterocycles. The minimum absolute atomic E-state index is 0.103. The molecule has 0 saturated carbocycles. The highest BCUT2D eigenvalue weighted by atomic mass is 28.4. The molecule has 0 amide bonds. The van der Waals surface area contributed by atoms with Crippen LogP contribution in [0.15, 0.2) is 17.3 Å². The Hall–Kier alpha value is -1.10. The zero-order valence-electron chi connectivity index (χ0n) is 15.4. The molecule has 0 aliphatic heterocycles. The van der Waals surface area contributed by atoms with Crippen molar-refractivity contribution in [3.05, 3.63) is 22.6 Å². The van der Waals surface area contributed by atoms with Gasteiger partial charge in [-0.1, -0.05) is 38.0 Å². The maximum absolute atomic E-state index is 12.5. The normalized spacial score (nSPS) is 25.0. The fourth-order valence-electron chi connectivity index (χ4n) is 2.86. The van der Waals surface area contributed by atoms with E-state index in [-0.39, 0.29) is 16.9 Å². The highest BCUT2D eigenvalue weighted by Gasteiger charge is 2.48. The molecule has 5 nitrogen and oxygen atoms in total. The van der Waals surface area contributed by atoms with Gasteiger partial charge in [-0.05, 0) is 56.3 Å². The Balaban J connectivity index is 3.04. The van der Waals surface area contributed by atoms with Crippen LogP contribution in [0.5, 0.6) is 0 Å². The highest BCUT2D eigenvalue weighted by Crippen LogP contribution is 2.45. The van der Waals surface area contributed by atoms with Gasteiger partial charge in [0.2, 0.25) is 0 Å². The van der Waals surface area contributed by atoms with Crippen molar-refractivity contribution < 1.29 is 9.22 Å². The molecule has 1 aliphatic rings. The lowest BCUT2D eigenvalue weighted by Crippen LogP contribution is -2.51. The summed E-state index contributed by atoms with van der Waals surface area (Å²) in [6.45, 7) is 13.2. The predicted octanol–water partition coefficient (Wildman–Crippen LogP) is 5.39. The Morgan fingerprint density at radius 2 is 2.13 bits per heavy atom. The van der Waals surface area contributed by atoms with E-state index in [1.165, 1.54) is 0 Å². The third-order valence-corrected chi connectivity index (χ3v) is 9.94. The molecule has 0 aromatic heterocycles. The molecular weight excluding hydrogens is 306 g/mol. The summed E-state index contributed by atoms with van der Waals surface area (Å²) in [7, 11) is -1.97. The Morgan fingerprint density at radius 1 is 1.48 bits per heavy atom. The number of carbonyl (C=O) groups is 1. The molecule has 0 radical (unpaired) electrons. The van der Waals surface area contributed by atoms with Crippen LogP contribution in [0.2, 0.25) is 18.1 Å². The second-order valence-corrected chi connectivity index (χ2v) is 12.8. The van der Waals surface area contributed by atoms with Crippen molar-refractivity contribution in [3.8, 4) is 0 Å². The van der Waals surface area contributed by atoms with Gasteiger partial charge in [0.15, 0.2) is 8.32 Å². The van der Waals surface area contributed by atoms with Crippen LogP contribution in [0.25, 0.3) is 10.4 Å². The monoisotopic (exact) mass is 337 g/mol. The van der Waals surface area contributed by atoms with Crippen molar-refractivity contribution in [1.29, 1.82) is 0 Å². The maximum Gasteiger partial charge on any atom is 0.192 e. The first-order valence-corrected chi connectivity index (χ1v) is 11.3. The van der Waals surface area contributed by atoms with Gasteiger partial charge in [0, 0.05) is 11.5 Å². The number of Topliss-reactive ketones (excluding diaryl/α,β-unsaturated/α-hetero) is 1. The van der Waals surface area contributed by atoms with E-state index < -0.39 is 13.7 Å². The zero-order valence-corrected chi connectivity index (χ0v) is 16.4. The molecule has 1 aliphatic carbocycles. The fraction of sp³-hybridized carbons (Fsp3) is 0.824. The summed E-state index contributed by atoms with van der Waals surface area (Å²) in [4.78, 5) is 15.3. The molecule has 0 aromatic carbocycles. The van der Waals surface area contributed by atoms with Gasteiger partial charge in [-0.2, -0.15) is 0 Å². The van der Waals surface area contributed by atoms with Gasteiger partial charge in [0.1, 0.15) is 5.78 Å². The molecule has 1 rings (SSSR count). The fourth-order valence-corrected chi connectivity index (χ4v) is 4.16. The van der Waals surface area contributed by atoms with Crippen LogP contribution >= 0.6 is 0 Å². The second-order valence-electron chi connectivity index (χ2n) is 8.04. The van der Waals surface area contributed by atoms with Gasteiger partial charge in [-0.25, -0.2) is 0 Å². The summed E-state index contributed by atoms with van der Waals surface area (Å²) in [6, 6.07) is 0. The van der Waals surface area contributed by atoms with Crippen LogP contribution in [-0.4, -0.2) is 26.7 Å². The van der Waals surface area contributed by atoms with Gasteiger partial charge in [0.25, 0.3) is 0 Å². The van der Waals surface area contributed by atoms with Gasteiger partial charge in [-0.3, -0.25) is 4.79 Å². The number of azide groups is 1. The first-order valence-electron chi connectivity index (χ1n) is 8.43. The van der Waals surface area contributed by atoms with Crippen molar-refractivity contribution in [1.82, 2.24) is 0 Å². The predicted molar refractivity (Wildman–Crippen MR) is 96.8 cm³/mol. The molecule has 0 N–H and O–H groups in total. The lowest BCUT2D eigenvalue weighted by atomic mass is 9.69. The molecule has 130 valence electrons.